The molecule has 0 aliphatic heterocycles. The Morgan fingerprint density at radius 1 is 0.677 bits per heavy atom. The highest BCUT2D eigenvalue weighted by atomic mass is 16.3. The standard InChI is InChI=1S/C25H50N2O4/c1-11-24(30,12-2)19(15-17(5)6)26-21(28)23(9,10)22(29)27-20(16-18(7)8)25(31,13-3)14-4/h17-20,30-31H,11-16H2,1-10H3,(H,26,28)(H,27,29). The van der Waals surface area contributed by atoms with Crippen LogP contribution in [-0.2, 0) is 9.59 Å². The average molecular weight is 443 g/mol. The minimum absolute atomic E-state index is 0.284. The van der Waals surface area contributed by atoms with Gasteiger partial charge in [0.25, 0.3) is 0 Å². The van der Waals surface area contributed by atoms with E-state index < -0.39 is 40.5 Å². The first-order valence-corrected chi connectivity index (χ1v) is 12.2. The number of amides is 2. The van der Waals surface area contributed by atoms with Crippen LogP contribution in [0.15, 0.2) is 0 Å². The second-order valence-electron chi connectivity index (χ2n) is 10.6. The number of carbonyl (C=O) groups excluding carboxylic acids is 2. The Morgan fingerprint density at radius 2 is 0.935 bits per heavy atom. The number of aliphatic hydroxyl groups is 2. The molecule has 2 amide bonds. The van der Waals surface area contributed by atoms with E-state index in [2.05, 4.69) is 38.3 Å². The van der Waals surface area contributed by atoms with Crippen LogP contribution < -0.4 is 10.6 Å². The molecule has 31 heavy (non-hydrogen) atoms. The minimum atomic E-state index is -1.34. The highest BCUT2D eigenvalue weighted by Crippen LogP contribution is 2.28. The molecule has 0 bridgehead atoms. The minimum Gasteiger partial charge on any atom is -0.388 e. The predicted molar refractivity (Wildman–Crippen MR) is 128 cm³/mol. The lowest BCUT2D eigenvalue weighted by atomic mass is 9.81. The van der Waals surface area contributed by atoms with Gasteiger partial charge in [-0.05, 0) is 64.2 Å². The van der Waals surface area contributed by atoms with Crippen molar-refractivity contribution in [3.63, 3.8) is 0 Å². The van der Waals surface area contributed by atoms with Gasteiger partial charge in [0.1, 0.15) is 5.41 Å². The molecule has 0 aromatic heterocycles. The molecule has 0 aromatic carbocycles. The van der Waals surface area contributed by atoms with Gasteiger partial charge in [-0.1, -0.05) is 55.4 Å². The first-order valence-electron chi connectivity index (χ1n) is 12.2. The highest BCUT2D eigenvalue weighted by molar-refractivity contribution is 6.04. The maximum Gasteiger partial charge on any atom is 0.235 e. The maximum absolute atomic E-state index is 13.2. The second kappa shape index (κ2) is 12.2. The Morgan fingerprint density at radius 3 is 1.13 bits per heavy atom. The zero-order chi connectivity index (χ0) is 24.6. The molecular weight excluding hydrogens is 392 g/mol. The van der Waals surface area contributed by atoms with Crippen LogP contribution in [0.2, 0.25) is 0 Å². The summed E-state index contributed by atoms with van der Waals surface area (Å²) in [7, 11) is 0. The van der Waals surface area contributed by atoms with Crippen LogP contribution in [0.1, 0.15) is 108 Å². The number of hydrogen-bond acceptors (Lipinski definition) is 4. The van der Waals surface area contributed by atoms with E-state index in [0.29, 0.717) is 38.5 Å². The molecule has 4 N–H and O–H groups in total. The molecule has 0 radical (unpaired) electrons. The lowest BCUT2D eigenvalue weighted by molar-refractivity contribution is -0.145. The second-order valence-corrected chi connectivity index (χ2v) is 10.6. The molecule has 0 heterocycles. The Bertz CT molecular complexity index is 516. The van der Waals surface area contributed by atoms with E-state index >= 15 is 0 Å². The molecule has 2 atom stereocenters. The molecule has 6 nitrogen and oxygen atoms in total. The smallest absolute Gasteiger partial charge is 0.235 e. The van der Waals surface area contributed by atoms with Crippen LogP contribution in [0.25, 0.3) is 0 Å². The molecular formula is C25H50N2O4. The average Bonchev–Trinajstić information content (AvgIpc) is 2.70. The fraction of sp³-hybridized carbons (Fsp3) is 0.920. The Hall–Kier alpha value is -1.14. The molecule has 184 valence electrons. The molecule has 0 aromatic rings. The fourth-order valence-corrected chi connectivity index (χ4v) is 4.03. The van der Waals surface area contributed by atoms with E-state index in [0.717, 1.165) is 0 Å². The molecule has 0 aliphatic carbocycles. The van der Waals surface area contributed by atoms with Crippen molar-refractivity contribution in [3.05, 3.63) is 0 Å². The largest absolute Gasteiger partial charge is 0.388 e. The summed E-state index contributed by atoms with van der Waals surface area (Å²) < 4.78 is 0. The molecule has 0 rings (SSSR count). The SMILES string of the molecule is CCC(O)(CC)C(CC(C)C)NC(=O)C(C)(C)C(=O)NC(CC(C)C)C(O)(CC)CC. The van der Waals surface area contributed by atoms with Crippen molar-refractivity contribution in [2.75, 3.05) is 0 Å². The third kappa shape index (κ3) is 8.05. The lowest BCUT2D eigenvalue weighted by Gasteiger charge is -2.40. The van der Waals surface area contributed by atoms with Gasteiger partial charge in [0.05, 0.1) is 23.3 Å². The van der Waals surface area contributed by atoms with Gasteiger partial charge < -0.3 is 20.8 Å². The Balaban J connectivity index is 5.69. The number of rotatable bonds is 14. The number of nitrogens with one attached hydrogen (secondary N) is 2. The van der Waals surface area contributed by atoms with E-state index in [-0.39, 0.29) is 11.8 Å². The molecule has 0 saturated heterocycles. The van der Waals surface area contributed by atoms with Gasteiger partial charge in [-0.3, -0.25) is 9.59 Å². The van der Waals surface area contributed by atoms with Gasteiger partial charge in [0.15, 0.2) is 0 Å². The van der Waals surface area contributed by atoms with Gasteiger partial charge in [0.2, 0.25) is 11.8 Å². The summed E-state index contributed by atoms with van der Waals surface area (Å²) in [5, 5.41) is 28.1. The summed E-state index contributed by atoms with van der Waals surface area (Å²) in [5.74, 6) is -0.246. The normalized spacial score (nSPS) is 15.2. The summed E-state index contributed by atoms with van der Waals surface area (Å²) in [4.78, 5) is 26.4. The third-order valence-corrected chi connectivity index (χ3v) is 6.91. The van der Waals surface area contributed by atoms with Crippen LogP contribution in [0, 0.1) is 17.3 Å². The van der Waals surface area contributed by atoms with Crippen molar-refractivity contribution < 1.29 is 19.8 Å². The van der Waals surface area contributed by atoms with Crippen molar-refractivity contribution in [2.24, 2.45) is 17.3 Å². The maximum atomic E-state index is 13.2. The van der Waals surface area contributed by atoms with Crippen LogP contribution >= 0.6 is 0 Å². The molecule has 0 spiro atoms. The third-order valence-electron chi connectivity index (χ3n) is 6.91. The quantitative estimate of drug-likeness (QED) is 0.303. The predicted octanol–water partition coefficient (Wildman–Crippen LogP) is 4.18. The first kappa shape index (κ1) is 29.9. The van der Waals surface area contributed by atoms with E-state index in [1.54, 1.807) is 13.8 Å². The van der Waals surface area contributed by atoms with Gasteiger partial charge in [-0.2, -0.15) is 0 Å². The monoisotopic (exact) mass is 442 g/mol. The van der Waals surface area contributed by atoms with Crippen molar-refractivity contribution in [1.29, 1.82) is 0 Å². The molecule has 2 unspecified atom stereocenters. The highest BCUT2D eigenvalue weighted by Gasteiger charge is 2.44. The molecule has 6 heteroatoms. The van der Waals surface area contributed by atoms with E-state index in [4.69, 9.17) is 0 Å². The van der Waals surface area contributed by atoms with Crippen molar-refractivity contribution in [2.45, 2.75) is 131 Å². The van der Waals surface area contributed by atoms with Gasteiger partial charge in [0, 0.05) is 0 Å². The Kier molecular flexibility index (Phi) is 11.7. The zero-order valence-corrected chi connectivity index (χ0v) is 21.8. The van der Waals surface area contributed by atoms with Crippen LogP contribution in [0.3, 0.4) is 0 Å². The summed E-state index contributed by atoms with van der Waals surface area (Å²) in [6.07, 6.45) is 3.33. The van der Waals surface area contributed by atoms with Crippen molar-refractivity contribution in [1.82, 2.24) is 10.6 Å². The molecule has 0 aliphatic rings. The van der Waals surface area contributed by atoms with Crippen LogP contribution in [0.4, 0.5) is 0 Å². The number of carbonyl (C=O) groups is 2. The van der Waals surface area contributed by atoms with E-state index in [1.807, 2.05) is 27.7 Å². The number of hydrogen-bond donors (Lipinski definition) is 4. The van der Waals surface area contributed by atoms with Crippen molar-refractivity contribution in [3.8, 4) is 0 Å². The van der Waals surface area contributed by atoms with Gasteiger partial charge >= 0.3 is 0 Å². The van der Waals surface area contributed by atoms with Crippen LogP contribution in [0.5, 0.6) is 0 Å². The van der Waals surface area contributed by atoms with Gasteiger partial charge in [-0.15, -0.1) is 0 Å². The first-order chi connectivity index (χ1) is 14.1. The lowest BCUT2D eigenvalue weighted by Crippen LogP contribution is -2.60. The van der Waals surface area contributed by atoms with Gasteiger partial charge in [-0.25, -0.2) is 0 Å². The summed E-state index contributed by atoms with van der Waals surface area (Å²) in [6.45, 7) is 19.0. The fourth-order valence-electron chi connectivity index (χ4n) is 4.03. The van der Waals surface area contributed by atoms with E-state index in [1.165, 1.54) is 0 Å². The topological polar surface area (TPSA) is 98.7 Å². The molecule has 0 saturated carbocycles. The van der Waals surface area contributed by atoms with E-state index in [9.17, 15) is 19.8 Å². The Labute approximate surface area is 191 Å². The van der Waals surface area contributed by atoms with Crippen LogP contribution in [-0.4, -0.2) is 45.3 Å². The zero-order valence-electron chi connectivity index (χ0n) is 21.8. The summed E-state index contributed by atoms with van der Waals surface area (Å²) in [5.41, 5.74) is -3.37. The summed E-state index contributed by atoms with van der Waals surface area (Å²) in [6, 6.07) is -0.867. The summed E-state index contributed by atoms with van der Waals surface area (Å²) >= 11 is 0. The van der Waals surface area contributed by atoms with Crippen molar-refractivity contribution >= 4 is 11.8 Å². The molecule has 0 fully saturated rings.